The van der Waals surface area contributed by atoms with E-state index in [1.54, 1.807) is 68.2 Å². The summed E-state index contributed by atoms with van der Waals surface area (Å²) < 4.78 is 43.6. The summed E-state index contributed by atoms with van der Waals surface area (Å²) in [6.07, 6.45) is 45.3. The lowest BCUT2D eigenvalue weighted by atomic mass is 9.47. The third-order valence-corrected chi connectivity index (χ3v) is 36.5. The Labute approximate surface area is 817 Å². The number of alkyl carbamates (subject to hydrolysis) is 2. The zero-order chi connectivity index (χ0) is 97.8. The molecule has 10 aliphatic rings. The molecule has 25 nitrogen and oxygen atoms in total. The van der Waals surface area contributed by atoms with Crippen molar-refractivity contribution in [3.8, 4) is 23.0 Å². The van der Waals surface area contributed by atoms with E-state index in [1.807, 2.05) is 30.3 Å². The first-order chi connectivity index (χ1) is 65.0. The number of nitrogens with two attached hydrogens (primary N) is 1. The Morgan fingerprint density at radius 2 is 1.01 bits per heavy atom. The maximum atomic E-state index is 13.1. The van der Waals surface area contributed by atoms with E-state index in [1.165, 1.54) is 151 Å². The van der Waals surface area contributed by atoms with Crippen molar-refractivity contribution < 1.29 is 76.8 Å². The minimum atomic E-state index is -1.10. The summed E-state index contributed by atoms with van der Waals surface area (Å²) in [6.45, 7) is 27.5. The van der Waals surface area contributed by atoms with Gasteiger partial charge in [0.15, 0.2) is 4.34 Å². The van der Waals surface area contributed by atoms with Crippen LogP contribution >= 0.6 is 22.7 Å². The monoisotopic (exact) mass is 1930 g/mol. The molecule has 9 N–H and O–H groups in total. The smallest absolute Gasteiger partial charge is 0.407 e. The van der Waals surface area contributed by atoms with Crippen LogP contribution in [0, 0.1) is 105 Å². The van der Waals surface area contributed by atoms with Gasteiger partial charge in [0.05, 0.1) is 61.6 Å². The molecule has 8 unspecified atom stereocenters. The predicted octanol–water partition coefficient (Wildman–Crippen LogP) is 23.2. The highest BCUT2D eigenvalue weighted by atomic mass is 32.2. The average Bonchev–Trinajstić information content (AvgIpc) is 1.53. The molecule has 10 aliphatic carbocycles. The molecule has 21 atom stereocenters. The second-order valence-corrected chi connectivity index (χ2v) is 46.5. The number of aliphatic hydroxyl groups is 1. The van der Waals surface area contributed by atoms with Gasteiger partial charge in [0.25, 0.3) is 11.8 Å². The van der Waals surface area contributed by atoms with Crippen molar-refractivity contribution in [3.05, 3.63) is 113 Å². The quantitative estimate of drug-likeness (QED) is 0.0118. The first-order valence-corrected chi connectivity index (χ1v) is 54.3. The molecule has 4 amide bonds. The Hall–Kier alpha value is -8.44. The standard InChI is InChI=1S/C52H72N4O6S.C31H51NO4.C15H13N3O3S2.C7H14O.C3H7NO2/c1-32(2)10-9-11-33(3)40-17-18-41-39-16-14-35-29-37(20-24-51(35,4)42(39)21-25-52(40,41)5)61-50(59)55-27-23-48(57)62-45-13-8-7-12-34(45)28-47-56-43-19-15-36(31-46(43)63-47)60-38-22-26-54-44(30-38)49(58)53-6;1-20(2)7-6-8-21(3)25-11-12-26-24-10-9-22-19-23(36-29(35)32-18-15-28(33)34)13-16-30(22,4)27(24)14-17-31(25,26)5;1-16-14(19)12-7-10(5-6-17-12)21-9-3-4-11-13(8-9)22-15(18-11)23(2)20;1-6-4-2-3-5-7(6)8;4-2-1-3(5)6/h14-15,19,22,26,30-34,37,39-42,45H,7-13,16-18,20-21,23-25,27-29H2,1-6H3,(H,53,58)(H,55,59);9,20-21,23-27H,6-8,10-19H2,1-5H3,(H,32,35)(H,33,34);3-8H,1-2H3,(H,16,19);6-8H,2-5H2,1H3;1-2,4H2,(H,5,6)/t33-,34-,37+,39?,40-,41?,42?,45?,51+,52-;21-,23+,24?,25-,26?,27?,30+,31-;;6-,7-;/m11.0./s1. The largest absolute Gasteiger partial charge is 0.481 e. The molecule has 28 heteroatoms. The molecule has 4 aromatic heterocycles. The van der Waals surface area contributed by atoms with Crippen molar-refractivity contribution >= 4 is 95.8 Å². The summed E-state index contributed by atoms with van der Waals surface area (Å²) in [4.78, 5) is 99.5. The van der Waals surface area contributed by atoms with Crippen LogP contribution in [0.15, 0.2) is 101 Å². The number of aliphatic hydroxyl groups excluding tert-OH is 1. The van der Waals surface area contributed by atoms with E-state index in [0.29, 0.717) is 44.1 Å². The number of rotatable bonds is 30. The molecule has 0 radical (unpaired) electrons. The van der Waals surface area contributed by atoms with Gasteiger partial charge in [0, 0.05) is 102 Å². The molecule has 2 aromatic carbocycles. The SMILES string of the molecule is CC(C)CCC[C@@H](C)[C@H]1CCC2C3CC=C4C[C@@H](OC(=O)NCCC(=O)O)CC[C@]4(C)C3CC[C@@]21C.CNC(=O)c1cc(Oc2ccc3nc(C[C@H]4CCCCC4OC(=O)CCNC(=O)O[C@H]4CC[C@@]5(C)C(=CCC6C5CC[C@@]5(C)C6CC[C@@H]5[C@H](C)CCCC(C)C)C4)sc3c2)ccn1.CNC(=O)c1cc(Oc2ccc3nc(S(C)=O)sc3c2)ccn1.C[C@H]1CCCC[C@@H]1O.NCCC(=O)O. The lowest BCUT2D eigenvalue weighted by Gasteiger charge is -2.58. The van der Waals surface area contributed by atoms with Crippen molar-refractivity contribution in [1.82, 2.24) is 41.2 Å². The van der Waals surface area contributed by atoms with Crippen LogP contribution in [0.25, 0.3) is 20.4 Å². The number of ether oxygens (including phenoxy) is 5. The van der Waals surface area contributed by atoms with Gasteiger partial charge in [-0.1, -0.05) is 157 Å². The minimum Gasteiger partial charge on any atom is -0.481 e. The Kier molecular flexibility index (Phi) is 38.4. The van der Waals surface area contributed by atoms with E-state index in [-0.39, 0.29) is 109 Å². The van der Waals surface area contributed by atoms with Crippen LogP contribution in [-0.2, 0) is 45.8 Å². The van der Waals surface area contributed by atoms with Gasteiger partial charge in [-0.15, -0.1) is 22.7 Å². The van der Waals surface area contributed by atoms with Crippen molar-refractivity contribution in [2.75, 3.05) is 40.0 Å². The van der Waals surface area contributed by atoms with Gasteiger partial charge in [0.2, 0.25) is 0 Å². The summed E-state index contributed by atoms with van der Waals surface area (Å²) >= 11 is 3.00. The summed E-state index contributed by atoms with van der Waals surface area (Å²) in [5.41, 5.74) is 11.6. The summed E-state index contributed by atoms with van der Waals surface area (Å²) in [7, 11) is 2.01. The van der Waals surface area contributed by atoms with Gasteiger partial charge < -0.3 is 66.0 Å². The van der Waals surface area contributed by atoms with Gasteiger partial charge in [0.1, 0.15) is 52.7 Å². The number of carboxylic acids is 2. The maximum Gasteiger partial charge on any atom is 0.407 e. The molecule has 748 valence electrons. The van der Waals surface area contributed by atoms with Gasteiger partial charge >= 0.3 is 30.1 Å². The lowest BCUT2D eigenvalue weighted by Crippen LogP contribution is -2.51. The van der Waals surface area contributed by atoms with E-state index in [9.17, 15) is 42.9 Å². The maximum absolute atomic E-state index is 13.1. The average molecular weight is 1930 g/mol. The number of carbonyl (C=O) groups excluding carboxylic acids is 5. The number of benzene rings is 2. The Balaban J connectivity index is 0.000000189. The number of hydrogen-bond donors (Lipinski definition) is 8. The summed E-state index contributed by atoms with van der Waals surface area (Å²) in [5.74, 6) is 10.3. The van der Waals surface area contributed by atoms with Gasteiger partial charge in [-0.05, 0) is 257 Å². The molecule has 8 fully saturated rings. The molecule has 6 aromatic rings. The number of fused-ring (bicyclic) bond motifs is 12. The number of thiazole rings is 2. The van der Waals surface area contributed by atoms with Crippen molar-refractivity contribution in [2.45, 2.75) is 323 Å². The number of nitrogens with one attached hydrogen (secondary N) is 4. The molecular weight excluding hydrogens is 1780 g/mol. The number of carboxylic acid groups (broad SMARTS) is 2. The number of carbonyl (C=O) groups is 7. The Morgan fingerprint density at radius 3 is 1.46 bits per heavy atom. The Bertz CT molecular complexity index is 5100. The molecule has 136 heavy (non-hydrogen) atoms. The fourth-order valence-corrected chi connectivity index (χ4v) is 28.5. The van der Waals surface area contributed by atoms with Crippen molar-refractivity contribution in [1.29, 1.82) is 0 Å². The topological polar surface area (TPSA) is 369 Å². The number of allylic oxidation sites excluding steroid dienone is 2. The molecule has 4 heterocycles. The van der Waals surface area contributed by atoms with Crippen LogP contribution in [-0.4, -0.2) is 146 Å². The minimum absolute atomic E-state index is 0.00347. The number of esters is 1. The summed E-state index contributed by atoms with van der Waals surface area (Å²) in [5, 5.41) is 37.3. The predicted molar refractivity (Wildman–Crippen MR) is 537 cm³/mol. The van der Waals surface area contributed by atoms with Crippen LogP contribution in [0.2, 0.25) is 0 Å². The van der Waals surface area contributed by atoms with Crippen LogP contribution in [0.1, 0.15) is 314 Å². The second-order valence-electron chi connectivity index (χ2n) is 42.8. The van der Waals surface area contributed by atoms with Crippen molar-refractivity contribution in [2.24, 2.45) is 110 Å². The van der Waals surface area contributed by atoms with E-state index >= 15 is 0 Å². The van der Waals surface area contributed by atoms with Gasteiger partial charge in [-0.2, -0.15) is 0 Å². The van der Waals surface area contributed by atoms with Gasteiger partial charge in [-0.25, -0.2) is 19.6 Å². The van der Waals surface area contributed by atoms with E-state index in [2.05, 4.69) is 125 Å². The first-order valence-electron chi connectivity index (χ1n) is 51.2. The van der Waals surface area contributed by atoms with E-state index < -0.39 is 34.9 Å². The number of aromatic nitrogens is 4. The molecule has 16 rings (SSSR count). The van der Waals surface area contributed by atoms with Crippen LogP contribution in [0.4, 0.5) is 9.59 Å². The number of amides is 4. The van der Waals surface area contributed by atoms with Crippen LogP contribution < -0.4 is 36.5 Å². The van der Waals surface area contributed by atoms with E-state index in [0.717, 1.165) is 174 Å². The molecule has 0 bridgehead atoms. The zero-order valence-electron chi connectivity index (χ0n) is 83.4. The highest BCUT2D eigenvalue weighted by molar-refractivity contribution is 7.86. The molecule has 0 spiro atoms. The first kappa shape index (κ1) is 106. The van der Waals surface area contributed by atoms with Crippen LogP contribution in [0.3, 0.4) is 0 Å². The lowest BCUT2D eigenvalue weighted by molar-refractivity contribution is -0.153. The highest BCUT2D eigenvalue weighted by Crippen LogP contribution is 2.70. The number of aliphatic carboxylic acids is 2. The third-order valence-electron chi connectivity index (χ3n) is 33.1. The second kappa shape index (κ2) is 49.1. The fourth-order valence-electron chi connectivity index (χ4n) is 25.8. The third kappa shape index (κ3) is 27.4. The molecule has 0 saturated heterocycles. The number of pyridine rings is 2. The molecule has 8 saturated carbocycles. The van der Waals surface area contributed by atoms with Crippen LogP contribution in [0.5, 0.6) is 23.0 Å². The number of hydrogen-bond acceptors (Lipinski definition) is 21. The van der Waals surface area contributed by atoms with Crippen molar-refractivity contribution in [3.63, 3.8) is 0 Å². The summed E-state index contributed by atoms with van der Waals surface area (Å²) in [6, 6.07) is 17.8. The molecular formula is C108H157N9O16S3. The Morgan fingerprint density at radius 1 is 0.537 bits per heavy atom. The fraction of sp³-hybridized carbons (Fsp3) is 0.676. The highest BCUT2D eigenvalue weighted by Gasteiger charge is 2.61. The molecule has 0 aliphatic heterocycles. The normalized spacial score (nSPS) is 29.1. The van der Waals surface area contributed by atoms with E-state index in [4.69, 9.17) is 44.6 Å². The number of nitrogens with zero attached hydrogens (tertiary/aromatic N) is 4. The van der Waals surface area contributed by atoms with Gasteiger partial charge in [-0.3, -0.25) is 38.1 Å². The zero-order valence-corrected chi connectivity index (χ0v) is 85.8.